The molecule has 0 aromatic heterocycles. The van der Waals surface area contributed by atoms with Crippen LogP contribution < -0.4 is 11.5 Å². The van der Waals surface area contributed by atoms with Crippen LogP contribution in [0.1, 0.15) is 13.8 Å². The molecule has 0 saturated heterocycles. The monoisotopic (exact) mass is 233 g/mol. The first-order valence-electron chi connectivity index (χ1n) is 3.95. The van der Waals surface area contributed by atoms with Crippen molar-refractivity contribution in [3.63, 3.8) is 0 Å². The van der Waals surface area contributed by atoms with Crippen LogP contribution in [0.3, 0.4) is 0 Å². The van der Waals surface area contributed by atoms with Crippen LogP contribution in [-0.4, -0.2) is 18.0 Å². The van der Waals surface area contributed by atoms with Crippen molar-refractivity contribution in [1.29, 1.82) is 0 Å². The van der Waals surface area contributed by atoms with Gasteiger partial charge >= 0.3 is 0 Å². The van der Waals surface area contributed by atoms with E-state index in [4.69, 9.17) is 11.5 Å². The van der Waals surface area contributed by atoms with Gasteiger partial charge in [-0.25, -0.2) is 0 Å². The van der Waals surface area contributed by atoms with Crippen molar-refractivity contribution in [3.8, 4) is 0 Å². The number of allylic oxidation sites excluding steroid dienone is 1. The Morgan fingerprint density at radius 2 is 1.92 bits per heavy atom. The maximum absolute atomic E-state index is 5.47. The Morgan fingerprint density at radius 3 is 2.17 bits per heavy atom. The quantitative estimate of drug-likeness (QED) is 0.569. The van der Waals surface area contributed by atoms with E-state index >= 15 is 0 Å². The maximum atomic E-state index is 5.47. The minimum absolute atomic E-state index is 0.589. The molecule has 0 amide bonds. The zero-order valence-electron chi connectivity index (χ0n) is 7.55. The zero-order valence-corrected chi connectivity index (χ0v) is 9.13. The van der Waals surface area contributed by atoms with Gasteiger partial charge in [-0.15, -0.1) is 0 Å². The molecular weight excluding hydrogens is 218 g/mol. The Kier molecular flexibility index (Phi) is 5.62. The summed E-state index contributed by atoms with van der Waals surface area (Å²) in [5.41, 5.74) is 11.9. The van der Waals surface area contributed by atoms with Crippen molar-refractivity contribution in [1.82, 2.24) is 4.90 Å². The number of hydrogen-bond acceptors (Lipinski definition) is 3. The smallest absolute Gasteiger partial charge is 0.0775 e. The Hall–Kier alpha value is -0.640. The Bertz CT molecular complexity index is 179. The van der Waals surface area contributed by atoms with Gasteiger partial charge in [-0.3, -0.25) is 0 Å². The molecule has 0 heterocycles. The normalized spacial score (nSPS) is 13.2. The second-order valence-electron chi connectivity index (χ2n) is 2.29. The van der Waals surface area contributed by atoms with Crippen molar-refractivity contribution >= 4 is 15.9 Å². The van der Waals surface area contributed by atoms with Gasteiger partial charge in [0.2, 0.25) is 0 Å². The molecule has 0 radical (unpaired) electrons. The third-order valence-corrected chi connectivity index (χ3v) is 1.81. The fourth-order valence-electron chi connectivity index (χ4n) is 0.975. The van der Waals surface area contributed by atoms with Crippen molar-refractivity contribution < 1.29 is 0 Å². The molecule has 70 valence electrons. The lowest BCUT2D eigenvalue weighted by Crippen LogP contribution is -2.22. The summed E-state index contributed by atoms with van der Waals surface area (Å²) in [7, 11) is 0. The number of rotatable bonds is 4. The predicted octanol–water partition coefficient (Wildman–Crippen LogP) is 1.32. The Labute approximate surface area is 82.2 Å². The average Bonchev–Trinajstić information content (AvgIpc) is 2.04. The summed E-state index contributed by atoms with van der Waals surface area (Å²) in [6.45, 7) is 6.00. The molecule has 0 saturated carbocycles. The van der Waals surface area contributed by atoms with E-state index in [2.05, 4.69) is 34.7 Å². The van der Waals surface area contributed by atoms with E-state index in [9.17, 15) is 0 Å². The van der Waals surface area contributed by atoms with E-state index in [-0.39, 0.29) is 0 Å². The molecule has 0 bridgehead atoms. The second-order valence-corrected chi connectivity index (χ2v) is 3.21. The van der Waals surface area contributed by atoms with Crippen molar-refractivity contribution in [3.05, 3.63) is 22.6 Å². The van der Waals surface area contributed by atoms with E-state index in [1.165, 1.54) is 0 Å². The summed E-state index contributed by atoms with van der Waals surface area (Å²) in [5.74, 6) is 0. The molecule has 0 aliphatic heterocycles. The largest absolute Gasteiger partial charge is 0.403 e. The van der Waals surface area contributed by atoms with Crippen molar-refractivity contribution in [2.75, 3.05) is 13.1 Å². The number of hydrogen-bond donors (Lipinski definition) is 2. The molecule has 0 rings (SSSR count). The van der Waals surface area contributed by atoms with Crippen LogP contribution in [-0.2, 0) is 0 Å². The molecule has 4 N–H and O–H groups in total. The van der Waals surface area contributed by atoms with Gasteiger partial charge in [0.05, 0.1) is 10.3 Å². The molecule has 0 aromatic carbocycles. The maximum Gasteiger partial charge on any atom is 0.0775 e. The van der Waals surface area contributed by atoms with Crippen LogP contribution in [0.15, 0.2) is 22.6 Å². The van der Waals surface area contributed by atoms with Crippen LogP contribution in [0.25, 0.3) is 0 Å². The molecule has 4 heteroatoms. The summed E-state index contributed by atoms with van der Waals surface area (Å²) in [6, 6.07) is 0. The number of nitrogens with two attached hydrogens (primary N) is 2. The van der Waals surface area contributed by atoms with Crippen molar-refractivity contribution in [2.45, 2.75) is 13.8 Å². The van der Waals surface area contributed by atoms with Crippen LogP contribution >= 0.6 is 15.9 Å². The standard InChI is InChI=1S/C8H16BrN3/c1-3-12(4-2)7(6-10)5-8(9)11/h5-6H,3-4,10-11H2,1-2H3/b7-6+,8-5-. The van der Waals surface area contributed by atoms with Gasteiger partial charge in [0.25, 0.3) is 0 Å². The van der Waals surface area contributed by atoms with E-state index in [1.54, 1.807) is 12.3 Å². The summed E-state index contributed by atoms with van der Waals surface area (Å²) < 4.78 is 0.589. The SMILES string of the molecule is CCN(CC)C(/C=C(\N)Br)=C/N. The highest BCUT2D eigenvalue weighted by molar-refractivity contribution is 9.11. The third kappa shape index (κ3) is 3.67. The van der Waals surface area contributed by atoms with Crippen LogP contribution in [0.5, 0.6) is 0 Å². The number of nitrogens with zero attached hydrogens (tertiary/aromatic N) is 1. The summed E-state index contributed by atoms with van der Waals surface area (Å²) in [5, 5.41) is 0. The van der Waals surface area contributed by atoms with E-state index in [0.29, 0.717) is 4.61 Å². The highest BCUT2D eigenvalue weighted by Crippen LogP contribution is 2.07. The van der Waals surface area contributed by atoms with Crippen LogP contribution in [0, 0.1) is 0 Å². The lowest BCUT2D eigenvalue weighted by atomic mass is 10.3. The van der Waals surface area contributed by atoms with Gasteiger partial charge in [-0.05, 0) is 35.9 Å². The molecule has 0 aliphatic rings. The molecule has 0 unspecified atom stereocenters. The molecule has 3 nitrogen and oxygen atoms in total. The Morgan fingerprint density at radius 1 is 1.42 bits per heavy atom. The minimum Gasteiger partial charge on any atom is -0.403 e. The first kappa shape index (κ1) is 11.4. The van der Waals surface area contributed by atoms with Gasteiger partial charge in [-0.2, -0.15) is 0 Å². The lowest BCUT2D eigenvalue weighted by Gasteiger charge is -2.21. The third-order valence-electron chi connectivity index (χ3n) is 1.59. The van der Waals surface area contributed by atoms with E-state index in [1.807, 2.05) is 0 Å². The van der Waals surface area contributed by atoms with Gasteiger partial charge < -0.3 is 16.4 Å². The van der Waals surface area contributed by atoms with Crippen LogP contribution in [0.2, 0.25) is 0 Å². The molecule has 0 aliphatic carbocycles. The number of halogens is 1. The van der Waals surface area contributed by atoms with E-state index in [0.717, 1.165) is 18.8 Å². The fraction of sp³-hybridized carbons (Fsp3) is 0.500. The fourth-order valence-corrected chi connectivity index (χ4v) is 1.21. The van der Waals surface area contributed by atoms with Gasteiger partial charge in [0.1, 0.15) is 0 Å². The topological polar surface area (TPSA) is 55.3 Å². The highest BCUT2D eigenvalue weighted by atomic mass is 79.9. The first-order valence-corrected chi connectivity index (χ1v) is 4.74. The molecule has 0 aromatic rings. The Balaban J connectivity index is 4.45. The summed E-state index contributed by atoms with van der Waals surface area (Å²) in [4.78, 5) is 2.12. The van der Waals surface area contributed by atoms with Gasteiger partial charge in [0, 0.05) is 19.3 Å². The highest BCUT2D eigenvalue weighted by Gasteiger charge is 2.01. The van der Waals surface area contributed by atoms with Gasteiger partial charge in [0.15, 0.2) is 0 Å². The molecule has 0 fully saturated rings. The van der Waals surface area contributed by atoms with Crippen LogP contribution in [0.4, 0.5) is 0 Å². The number of likely N-dealkylation sites (N-methyl/N-ethyl adjacent to an activating group) is 1. The summed E-state index contributed by atoms with van der Waals surface area (Å²) >= 11 is 3.16. The zero-order chi connectivity index (χ0) is 9.56. The average molecular weight is 234 g/mol. The molecule has 0 atom stereocenters. The summed E-state index contributed by atoms with van der Waals surface area (Å²) in [6.07, 6.45) is 3.36. The van der Waals surface area contributed by atoms with Crippen molar-refractivity contribution in [2.24, 2.45) is 11.5 Å². The predicted molar refractivity (Wildman–Crippen MR) is 56.4 cm³/mol. The first-order chi connectivity index (χ1) is 5.65. The van der Waals surface area contributed by atoms with E-state index < -0.39 is 0 Å². The molecule has 0 spiro atoms. The second kappa shape index (κ2) is 5.94. The molecule has 12 heavy (non-hydrogen) atoms. The lowest BCUT2D eigenvalue weighted by molar-refractivity contribution is 0.393. The molecular formula is C8H16BrN3. The van der Waals surface area contributed by atoms with Gasteiger partial charge in [-0.1, -0.05) is 0 Å². The minimum atomic E-state index is 0.589.